The van der Waals surface area contributed by atoms with Crippen molar-refractivity contribution < 1.29 is 0 Å². The Hall–Kier alpha value is -1.08. The molecule has 0 aromatic heterocycles. The van der Waals surface area contributed by atoms with Gasteiger partial charge in [0.25, 0.3) is 0 Å². The molecule has 3 rings (SSSR count). The van der Waals surface area contributed by atoms with Gasteiger partial charge in [-0.15, -0.1) is 0 Å². The molecule has 1 aromatic rings. The third-order valence-electron chi connectivity index (χ3n) is 4.36. The molecule has 0 radical (unpaired) electrons. The molecule has 2 aliphatic carbocycles. The summed E-state index contributed by atoms with van der Waals surface area (Å²) >= 11 is 0. The van der Waals surface area contributed by atoms with Crippen molar-refractivity contribution in [1.29, 1.82) is 0 Å². The van der Waals surface area contributed by atoms with Crippen LogP contribution in [0.25, 0.3) is 5.57 Å². The maximum Gasteiger partial charge on any atom is 0.0353 e. The summed E-state index contributed by atoms with van der Waals surface area (Å²) in [5.74, 6) is 1.67. The van der Waals surface area contributed by atoms with E-state index in [1.807, 2.05) is 0 Å². The molecule has 1 nitrogen and oxygen atoms in total. The van der Waals surface area contributed by atoms with E-state index >= 15 is 0 Å². The molecule has 1 fully saturated rings. The summed E-state index contributed by atoms with van der Waals surface area (Å²) in [4.78, 5) is 0. The maximum atomic E-state index is 3.79. The Balaban J connectivity index is 1.94. The lowest BCUT2D eigenvalue weighted by Gasteiger charge is -2.33. The molecule has 3 atom stereocenters. The first-order chi connectivity index (χ1) is 8.74. The average molecular weight is 241 g/mol. The van der Waals surface area contributed by atoms with Crippen LogP contribution < -0.4 is 5.32 Å². The first-order valence-corrected chi connectivity index (χ1v) is 7.27. The van der Waals surface area contributed by atoms with Crippen LogP contribution in [0, 0.1) is 11.8 Å². The first-order valence-electron chi connectivity index (χ1n) is 7.27. The Labute approximate surface area is 110 Å². The molecule has 1 heteroatoms. The van der Waals surface area contributed by atoms with Crippen molar-refractivity contribution >= 4 is 5.57 Å². The fourth-order valence-corrected chi connectivity index (χ4v) is 3.61. The van der Waals surface area contributed by atoms with Gasteiger partial charge in [0, 0.05) is 12.1 Å². The molecule has 0 saturated heterocycles. The highest BCUT2D eigenvalue weighted by molar-refractivity contribution is 5.71. The minimum atomic E-state index is 0.555. The second-order valence-corrected chi connectivity index (χ2v) is 6.12. The van der Waals surface area contributed by atoms with E-state index in [-0.39, 0.29) is 0 Å². The Morgan fingerprint density at radius 2 is 1.89 bits per heavy atom. The molecule has 18 heavy (non-hydrogen) atoms. The van der Waals surface area contributed by atoms with Crippen molar-refractivity contribution in [2.24, 2.45) is 11.8 Å². The van der Waals surface area contributed by atoms with E-state index in [0.29, 0.717) is 12.1 Å². The molecule has 2 unspecified atom stereocenters. The van der Waals surface area contributed by atoms with Crippen LogP contribution in [0.4, 0.5) is 0 Å². The molecule has 1 saturated carbocycles. The van der Waals surface area contributed by atoms with E-state index in [1.54, 1.807) is 5.57 Å². The summed E-state index contributed by atoms with van der Waals surface area (Å²) in [7, 11) is 0. The van der Waals surface area contributed by atoms with Crippen molar-refractivity contribution in [1.82, 2.24) is 5.32 Å². The number of nitrogens with one attached hydrogen (secondary N) is 1. The van der Waals surface area contributed by atoms with Gasteiger partial charge in [-0.05, 0) is 42.2 Å². The SMILES string of the molecule is CC(C)N[C@@H]1C(c2ccccc2)=CC2CCC1C2. The Kier molecular flexibility index (Phi) is 3.25. The zero-order valence-corrected chi connectivity index (χ0v) is 11.4. The van der Waals surface area contributed by atoms with Crippen molar-refractivity contribution in [3.63, 3.8) is 0 Å². The molecule has 1 N–H and O–H groups in total. The van der Waals surface area contributed by atoms with Crippen LogP contribution in [0.2, 0.25) is 0 Å². The number of benzene rings is 1. The molecule has 0 aliphatic heterocycles. The van der Waals surface area contributed by atoms with Crippen LogP contribution in [0.5, 0.6) is 0 Å². The quantitative estimate of drug-likeness (QED) is 0.847. The van der Waals surface area contributed by atoms with Crippen LogP contribution >= 0.6 is 0 Å². The van der Waals surface area contributed by atoms with Gasteiger partial charge in [-0.2, -0.15) is 0 Å². The third-order valence-corrected chi connectivity index (χ3v) is 4.36. The average Bonchev–Trinajstić information content (AvgIpc) is 2.77. The van der Waals surface area contributed by atoms with Gasteiger partial charge in [0.05, 0.1) is 0 Å². The molecule has 0 amide bonds. The Morgan fingerprint density at radius 3 is 2.61 bits per heavy atom. The summed E-state index contributed by atoms with van der Waals surface area (Å²) in [6.07, 6.45) is 6.71. The van der Waals surface area contributed by atoms with E-state index in [2.05, 4.69) is 55.6 Å². The van der Waals surface area contributed by atoms with Crippen molar-refractivity contribution in [3.05, 3.63) is 42.0 Å². The molecular formula is C17H23N. The highest BCUT2D eigenvalue weighted by atomic mass is 15.0. The predicted octanol–water partition coefficient (Wildman–Crippen LogP) is 3.87. The summed E-state index contributed by atoms with van der Waals surface area (Å²) < 4.78 is 0. The second-order valence-electron chi connectivity index (χ2n) is 6.12. The van der Waals surface area contributed by atoms with E-state index in [4.69, 9.17) is 0 Å². The van der Waals surface area contributed by atoms with Gasteiger partial charge in [-0.3, -0.25) is 0 Å². The van der Waals surface area contributed by atoms with Crippen LogP contribution in [0.1, 0.15) is 38.7 Å². The molecule has 2 bridgehead atoms. The summed E-state index contributed by atoms with van der Waals surface area (Å²) in [6, 6.07) is 12.0. The normalized spacial score (nSPS) is 30.6. The van der Waals surface area contributed by atoms with Crippen LogP contribution in [0.3, 0.4) is 0 Å². The Morgan fingerprint density at radius 1 is 1.11 bits per heavy atom. The van der Waals surface area contributed by atoms with Gasteiger partial charge in [-0.25, -0.2) is 0 Å². The molecule has 96 valence electrons. The maximum absolute atomic E-state index is 3.79. The van der Waals surface area contributed by atoms with Crippen molar-refractivity contribution in [2.75, 3.05) is 0 Å². The number of rotatable bonds is 3. The number of allylic oxidation sites excluding steroid dienone is 1. The lowest BCUT2D eigenvalue weighted by Crippen LogP contribution is -2.41. The minimum absolute atomic E-state index is 0.555. The van der Waals surface area contributed by atoms with Gasteiger partial charge < -0.3 is 5.32 Å². The van der Waals surface area contributed by atoms with Crippen LogP contribution in [-0.4, -0.2) is 12.1 Å². The zero-order chi connectivity index (χ0) is 12.5. The highest BCUT2D eigenvalue weighted by Crippen LogP contribution is 2.44. The van der Waals surface area contributed by atoms with E-state index in [0.717, 1.165) is 11.8 Å². The first kappa shape index (κ1) is 12.0. The van der Waals surface area contributed by atoms with E-state index < -0.39 is 0 Å². The largest absolute Gasteiger partial charge is 0.307 e. The molecule has 0 spiro atoms. The summed E-state index contributed by atoms with van der Waals surface area (Å²) in [6.45, 7) is 4.51. The lowest BCUT2D eigenvalue weighted by atomic mass is 9.81. The topological polar surface area (TPSA) is 12.0 Å². The number of hydrogen-bond donors (Lipinski definition) is 1. The third kappa shape index (κ3) is 2.24. The minimum Gasteiger partial charge on any atom is -0.307 e. The van der Waals surface area contributed by atoms with E-state index in [1.165, 1.54) is 24.8 Å². The molecule has 2 aliphatic rings. The predicted molar refractivity (Wildman–Crippen MR) is 77.3 cm³/mol. The number of hydrogen-bond acceptors (Lipinski definition) is 1. The van der Waals surface area contributed by atoms with Gasteiger partial charge in [0.15, 0.2) is 0 Å². The lowest BCUT2D eigenvalue weighted by molar-refractivity contribution is 0.381. The summed E-state index contributed by atoms with van der Waals surface area (Å²) in [5.41, 5.74) is 2.95. The monoisotopic (exact) mass is 241 g/mol. The number of fused-ring (bicyclic) bond motifs is 2. The fourth-order valence-electron chi connectivity index (χ4n) is 3.61. The van der Waals surface area contributed by atoms with Crippen molar-refractivity contribution in [3.8, 4) is 0 Å². The highest BCUT2D eigenvalue weighted by Gasteiger charge is 2.37. The standard InChI is InChI=1S/C17H23N/c1-12(2)18-17-15-9-8-13(10-15)11-16(17)14-6-4-3-5-7-14/h3-7,11-13,15,17-18H,8-10H2,1-2H3/t13?,15?,17-/m0/s1. The van der Waals surface area contributed by atoms with Gasteiger partial charge in [-0.1, -0.05) is 50.3 Å². The van der Waals surface area contributed by atoms with E-state index in [9.17, 15) is 0 Å². The summed E-state index contributed by atoms with van der Waals surface area (Å²) in [5, 5.41) is 3.79. The van der Waals surface area contributed by atoms with Crippen LogP contribution in [0.15, 0.2) is 36.4 Å². The molecule has 1 aromatic carbocycles. The Bertz CT molecular complexity index is 432. The molecular weight excluding hydrogens is 218 g/mol. The van der Waals surface area contributed by atoms with Crippen molar-refractivity contribution in [2.45, 2.75) is 45.2 Å². The van der Waals surface area contributed by atoms with Gasteiger partial charge >= 0.3 is 0 Å². The van der Waals surface area contributed by atoms with Crippen LogP contribution in [-0.2, 0) is 0 Å². The van der Waals surface area contributed by atoms with Gasteiger partial charge in [0.1, 0.15) is 0 Å². The fraction of sp³-hybridized carbons (Fsp3) is 0.529. The van der Waals surface area contributed by atoms with Gasteiger partial charge in [0.2, 0.25) is 0 Å². The molecule has 0 heterocycles. The smallest absolute Gasteiger partial charge is 0.0353 e. The second kappa shape index (κ2) is 4.89. The zero-order valence-electron chi connectivity index (χ0n) is 11.4.